The zero-order valence-electron chi connectivity index (χ0n) is 16.2. The summed E-state index contributed by atoms with van der Waals surface area (Å²) in [5.74, 6) is 0.239. The Morgan fingerprint density at radius 2 is 1.94 bits per heavy atom. The van der Waals surface area contributed by atoms with Crippen LogP contribution >= 0.6 is 38.6 Å². The lowest BCUT2D eigenvalue weighted by molar-refractivity contribution is 0.102. The summed E-state index contributed by atoms with van der Waals surface area (Å²) < 4.78 is 3.03. The molecule has 4 heterocycles. The molecule has 1 aromatic carbocycles. The van der Waals surface area contributed by atoms with Crippen LogP contribution < -0.4 is 5.32 Å². The summed E-state index contributed by atoms with van der Waals surface area (Å²) in [4.78, 5) is 27.5. The van der Waals surface area contributed by atoms with Gasteiger partial charge in [0.2, 0.25) is 5.95 Å². The van der Waals surface area contributed by atoms with Crippen LogP contribution in [0.1, 0.15) is 16.2 Å². The summed E-state index contributed by atoms with van der Waals surface area (Å²) in [6.07, 6.45) is 2.52. The van der Waals surface area contributed by atoms with Crippen LogP contribution in [-0.4, -0.2) is 25.4 Å². The highest BCUT2D eigenvalue weighted by molar-refractivity contribution is 9.10. The second-order valence-corrected chi connectivity index (χ2v) is 9.45. The fourth-order valence-corrected chi connectivity index (χ4v) is 5.56. The first-order chi connectivity index (χ1) is 15.2. The average molecular weight is 510 g/mol. The van der Waals surface area contributed by atoms with E-state index in [0.717, 1.165) is 37.5 Å². The summed E-state index contributed by atoms with van der Waals surface area (Å²) in [7, 11) is 0. The Hall–Kier alpha value is -2.88. The first kappa shape index (κ1) is 20.0. The second kappa shape index (κ2) is 8.70. The smallest absolute Gasteiger partial charge is 0.277 e. The number of nitrogens with one attached hydrogen (secondary N) is 1. The standard InChI is InChI=1S/C22H16BrN5OS2/c23-14-11-19(30-12-14)21-25-17(13-31-21)20(29)27-22-26-16-6-1-2-7-18(16)28(22)10-8-15-5-3-4-9-24-15/h1-7,9,11-13H,8,10H2,(H,26,27,29). The lowest BCUT2D eigenvalue weighted by atomic mass is 10.2. The highest BCUT2D eigenvalue weighted by Gasteiger charge is 2.17. The number of thiazole rings is 1. The number of fused-ring (bicyclic) bond motifs is 1. The largest absolute Gasteiger partial charge is 0.310 e. The molecule has 5 aromatic rings. The van der Waals surface area contributed by atoms with Gasteiger partial charge in [0.05, 0.1) is 15.9 Å². The molecule has 31 heavy (non-hydrogen) atoms. The Bertz CT molecular complexity index is 1360. The number of halogens is 1. The molecule has 0 radical (unpaired) electrons. The maximum Gasteiger partial charge on any atom is 0.277 e. The fourth-order valence-electron chi connectivity index (χ4n) is 3.25. The first-order valence-electron chi connectivity index (χ1n) is 9.54. The second-order valence-electron chi connectivity index (χ2n) is 6.77. The number of hydrogen-bond donors (Lipinski definition) is 1. The summed E-state index contributed by atoms with van der Waals surface area (Å²) in [6, 6.07) is 15.7. The number of aromatic nitrogens is 4. The monoisotopic (exact) mass is 509 g/mol. The normalized spacial score (nSPS) is 11.1. The molecule has 6 nitrogen and oxygen atoms in total. The number of amides is 1. The van der Waals surface area contributed by atoms with E-state index in [9.17, 15) is 4.79 Å². The van der Waals surface area contributed by atoms with E-state index in [0.29, 0.717) is 18.2 Å². The SMILES string of the molecule is O=C(Nc1nc2ccccc2n1CCc1ccccn1)c1csc(-c2cc(Br)cs2)n1. The van der Waals surface area contributed by atoms with Crippen molar-refractivity contribution in [2.75, 3.05) is 5.32 Å². The molecule has 0 spiro atoms. The zero-order chi connectivity index (χ0) is 21.2. The molecule has 1 amide bonds. The van der Waals surface area contributed by atoms with Gasteiger partial charge in [-0.3, -0.25) is 15.1 Å². The number of anilines is 1. The van der Waals surface area contributed by atoms with E-state index < -0.39 is 0 Å². The fraction of sp³-hybridized carbons (Fsp3) is 0.0909. The predicted octanol–water partition coefficient (Wildman–Crippen LogP) is 5.87. The summed E-state index contributed by atoms with van der Waals surface area (Å²) in [6.45, 7) is 0.651. The molecule has 0 bridgehead atoms. The lowest BCUT2D eigenvalue weighted by Crippen LogP contribution is -2.17. The number of imidazole rings is 1. The third-order valence-electron chi connectivity index (χ3n) is 4.71. The van der Waals surface area contributed by atoms with Crippen LogP contribution in [0.15, 0.2) is 70.0 Å². The molecule has 0 fully saturated rings. The molecule has 0 unspecified atom stereocenters. The van der Waals surface area contributed by atoms with Crippen molar-refractivity contribution >= 4 is 61.5 Å². The van der Waals surface area contributed by atoms with Crippen LogP contribution in [-0.2, 0) is 13.0 Å². The number of benzene rings is 1. The van der Waals surface area contributed by atoms with Gasteiger partial charge >= 0.3 is 0 Å². The van der Waals surface area contributed by atoms with E-state index >= 15 is 0 Å². The third kappa shape index (κ3) is 4.30. The number of carbonyl (C=O) groups excluding carboxylic acids is 1. The van der Waals surface area contributed by atoms with Gasteiger partial charge in [-0.25, -0.2) is 9.97 Å². The molecule has 0 aliphatic rings. The van der Waals surface area contributed by atoms with Crippen LogP contribution in [0.3, 0.4) is 0 Å². The Labute approximate surface area is 194 Å². The Kier molecular flexibility index (Phi) is 5.63. The molecule has 154 valence electrons. The molecule has 0 atom stereocenters. The predicted molar refractivity (Wildman–Crippen MR) is 129 cm³/mol. The molecule has 4 aromatic heterocycles. The number of pyridine rings is 1. The molecule has 0 aliphatic carbocycles. The van der Waals surface area contributed by atoms with Crippen LogP contribution in [0, 0.1) is 0 Å². The molecule has 0 saturated carbocycles. The van der Waals surface area contributed by atoms with Crippen LogP contribution in [0.25, 0.3) is 20.9 Å². The number of aryl methyl sites for hydroxylation is 2. The minimum Gasteiger partial charge on any atom is -0.310 e. The number of carbonyl (C=O) groups is 1. The topological polar surface area (TPSA) is 72.7 Å². The maximum atomic E-state index is 12.9. The van der Waals surface area contributed by atoms with Crippen molar-refractivity contribution in [1.82, 2.24) is 19.5 Å². The van der Waals surface area contributed by atoms with E-state index in [1.807, 2.05) is 58.5 Å². The summed E-state index contributed by atoms with van der Waals surface area (Å²) in [5, 5.41) is 7.55. The van der Waals surface area contributed by atoms with Gasteiger partial charge in [0.15, 0.2) is 0 Å². The summed E-state index contributed by atoms with van der Waals surface area (Å²) >= 11 is 6.50. The van der Waals surface area contributed by atoms with Crippen molar-refractivity contribution in [2.24, 2.45) is 0 Å². The van der Waals surface area contributed by atoms with Crippen molar-refractivity contribution < 1.29 is 4.79 Å². The van der Waals surface area contributed by atoms with Gasteiger partial charge in [-0.15, -0.1) is 22.7 Å². The van der Waals surface area contributed by atoms with Gasteiger partial charge in [0.25, 0.3) is 5.91 Å². The Balaban J connectivity index is 1.40. The van der Waals surface area contributed by atoms with Crippen LogP contribution in [0.2, 0.25) is 0 Å². The van der Waals surface area contributed by atoms with Gasteiger partial charge < -0.3 is 4.57 Å². The van der Waals surface area contributed by atoms with E-state index in [1.165, 1.54) is 11.3 Å². The Morgan fingerprint density at radius 1 is 1.06 bits per heavy atom. The van der Waals surface area contributed by atoms with Crippen molar-refractivity contribution in [3.63, 3.8) is 0 Å². The zero-order valence-corrected chi connectivity index (χ0v) is 19.4. The van der Waals surface area contributed by atoms with E-state index in [4.69, 9.17) is 0 Å². The number of nitrogens with zero attached hydrogens (tertiary/aromatic N) is 4. The van der Waals surface area contributed by atoms with Crippen LogP contribution in [0.4, 0.5) is 5.95 Å². The van der Waals surface area contributed by atoms with Crippen LogP contribution in [0.5, 0.6) is 0 Å². The van der Waals surface area contributed by atoms with E-state index in [1.54, 1.807) is 22.9 Å². The third-order valence-corrected chi connectivity index (χ3v) is 7.42. The highest BCUT2D eigenvalue weighted by Crippen LogP contribution is 2.32. The summed E-state index contributed by atoms with van der Waals surface area (Å²) in [5.41, 5.74) is 3.18. The van der Waals surface area contributed by atoms with Crippen molar-refractivity contribution in [1.29, 1.82) is 0 Å². The minimum absolute atomic E-state index is 0.271. The van der Waals surface area contributed by atoms with Gasteiger partial charge in [-0.2, -0.15) is 0 Å². The van der Waals surface area contributed by atoms with E-state index in [2.05, 4.69) is 36.2 Å². The molecule has 9 heteroatoms. The van der Waals surface area contributed by atoms with E-state index in [-0.39, 0.29) is 5.91 Å². The molecular formula is C22H16BrN5OS2. The first-order valence-corrected chi connectivity index (χ1v) is 12.1. The highest BCUT2D eigenvalue weighted by atomic mass is 79.9. The maximum absolute atomic E-state index is 12.9. The Morgan fingerprint density at radius 3 is 2.74 bits per heavy atom. The molecule has 5 rings (SSSR count). The molecule has 1 N–H and O–H groups in total. The number of hydrogen-bond acceptors (Lipinski definition) is 6. The van der Waals surface area contributed by atoms with Gasteiger partial charge in [-0.05, 0) is 46.3 Å². The lowest BCUT2D eigenvalue weighted by Gasteiger charge is -2.09. The van der Waals surface area contributed by atoms with Crippen molar-refractivity contribution in [3.05, 3.63) is 81.3 Å². The molecule has 0 saturated heterocycles. The van der Waals surface area contributed by atoms with Gasteiger partial charge in [0.1, 0.15) is 10.7 Å². The molecular weight excluding hydrogens is 494 g/mol. The molecule has 0 aliphatic heterocycles. The van der Waals surface area contributed by atoms with Gasteiger partial charge in [-0.1, -0.05) is 18.2 Å². The minimum atomic E-state index is -0.271. The van der Waals surface area contributed by atoms with Crippen molar-refractivity contribution in [3.8, 4) is 9.88 Å². The van der Waals surface area contributed by atoms with Crippen molar-refractivity contribution in [2.45, 2.75) is 13.0 Å². The quantitative estimate of drug-likeness (QED) is 0.310. The number of thiophene rings is 1. The number of rotatable bonds is 6. The average Bonchev–Trinajstić information content (AvgIpc) is 3.51. The van der Waals surface area contributed by atoms with Gasteiger partial charge in [0, 0.05) is 40.1 Å². The number of para-hydroxylation sites is 2.